The normalized spacial score (nSPS) is 10.2. The van der Waals surface area contributed by atoms with Crippen molar-refractivity contribution in [1.82, 2.24) is 0 Å². The maximum absolute atomic E-state index is 11.1. The molecule has 0 aliphatic carbocycles. The van der Waals surface area contributed by atoms with E-state index in [4.69, 9.17) is 9.47 Å². The van der Waals surface area contributed by atoms with Crippen LogP contribution >= 0.6 is 0 Å². The van der Waals surface area contributed by atoms with Crippen molar-refractivity contribution < 1.29 is 19.0 Å². The Morgan fingerprint density at radius 3 is 2.12 bits per heavy atom. The second-order valence-corrected chi connectivity index (χ2v) is 5.69. The van der Waals surface area contributed by atoms with Gasteiger partial charge in [0.1, 0.15) is 18.1 Å². The van der Waals surface area contributed by atoms with Crippen LogP contribution in [0.3, 0.4) is 0 Å². The van der Waals surface area contributed by atoms with Gasteiger partial charge in [0, 0.05) is 0 Å². The van der Waals surface area contributed by atoms with Crippen LogP contribution in [0.5, 0.6) is 11.5 Å². The molecule has 4 heteroatoms. The highest BCUT2D eigenvalue weighted by Gasteiger charge is 2.03. The highest BCUT2D eigenvalue weighted by atomic mass is 16.6. The van der Waals surface area contributed by atoms with Crippen molar-refractivity contribution in [3.63, 3.8) is 0 Å². The summed E-state index contributed by atoms with van der Waals surface area (Å²) in [6.45, 7) is 0.367. The molecule has 0 heterocycles. The predicted octanol–water partition coefficient (Wildman–Crippen LogP) is 4.48. The average Bonchev–Trinajstić information content (AvgIpc) is 2.72. The third kappa shape index (κ3) is 4.86. The van der Waals surface area contributed by atoms with Gasteiger partial charge in [-0.2, -0.15) is 0 Å². The minimum atomic E-state index is -0.413. The zero-order valence-corrected chi connectivity index (χ0v) is 14.6. The van der Waals surface area contributed by atoms with Crippen LogP contribution in [0.1, 0.15) is 5.56 Å². The zero-order valence-electron chi connectivity index (χ0n) is 14.6. The largest absolute Gasteiger partial charge is 0.489 e. The smallest absolute Gasteiger partial charge is 0.343 e. The van der Waals surface area contributed by atoms with Gasteiger partial charge in [0.25, 0.3) is 0 Å². The lowest BCUT2D eigenvalue weighted by Gasteiger charge is -2.09. The quantitative estimate of drug-likeness (QED) is 0.590. The van der Waals surface area contributed by atoms with Crippen molar-refractivity contribution in [2.24, 2.45) is 0 Å². The molecule has 0 radical (unpaired) electrons. The summed E-state index contributed by atoms with van der Waals surface area (Å²) in [6.07, 6.45) is 0. The number of benzene rings is 3. The van der Waals surface area contributed by atoms with E-state index in [0.29, 0.717) is 12.4 Å². The fourth-order valence-electron chi connectivity index (χ4n) is 2.47. The van der Waals surface area contributed by atoms with Crippen LogP contribution in [0.25, 0.3) is 11.1 Å². The van der Waals surface area contributed by atoms with E-state index in [9.17, 15) is 4.79 Å². The molecule has 0 bridgehead atoms. The number of methoxy groups -OCH3 is 1. The van der Waals surface area contributed by atoms with Crippen molar-refractivity contribution in [2.45, 2.75) is 6.61 Å². The van der Waals surface area contributed by atoms with Gasteiger partial charge in [-0.25, -0.2) is 4.79 Å². The summed E-state index contributed by atoms with van der Waals surface area (Å²) in [5, 5.41) is 0. The van der Waals surface area contributed by atoms with Gasteiger partial charge in [0.2, 0.25) is 0 Å². The Labute approximate surface area is 153 Å². The molecule has 0 aromatic heterocycles. The summed E-state index contributed by atoms with van der Waals surface area (Å²) < 4.78 is 15.7. The van der Waals surface area contributed by atoms with Gasteiger partial charge in [0.05, 0.1) is 7.11 Å². The minimum Gasteiger partial charge on any atom is -0.489 e. The molecule has 0 aliphatic rings. The fraction of sp³-hybridized carbons (Fsp3) is 0.136. The molecule has 4 nitrogen and oxygen atoms in total. The van der Waals surface area contributed by atoms with Gasteiger partial charge in [-0.05, 0) is 47.0 Å². The summed E-state index contributed by atoms with van der Waals surface area (Å²) in [4.78, 5) is 11.1. The average molecular weight is 348 g/mol. The molecule has 3 rings (SSSR count). The van der Waals surface area contributed by atoms with Crippen LogP contribution in [-0.4, -0.2) is 19.7 Å². The van der Waals surface area contributed by atoms with E-state index in [-0.39, 0.29) is 6.61 Å². The molecule has 26 heavy (non-hydrogen) atoms. The number of rotatable bonds is 7. The number of hydrogen-bond donors (Lipinski definition) is 0. The summed E-state index contributed by atoms with van der Waals surface area (Å²) in [5.74, 6) is 0.915. The van der Waals surface area contributed by atoms with Crippen LogP contribution < -0.4 is 9.47 Å². The molecule has 3 aromatic rings. The molecule has 3 aromatic carbocycles. The molecule has 0 unspecified atom stereocenters. The fourth-order valence-corrected chi connectivity index (χ4v) is 2.47. The summed E-state index contributed by atoms with van der Waals surface area (Å²) in [5.41, 5.74) is 3.44. The second-order valence-electron chi connectivity index (χ2n) is 5.69. The Kier molecular flexibility index (Phi) is 5.88. The van der Waals surface area contributed by atoms with Crippen LogP contribution in [0, 0.1) is 0 Å². The molecule has 0 aliphatic heterocycles. The number of carbonyl (C=O) groups is 1. The van der Waals surface area contributed by atoms with Gasteiger partial charge >= 0.3 is 5.97 Å². The molecule has 0 atom stereocenters. The summed E-state index contributed by atoms with van der Waals surface area (Å²) in [6, 6.07) is 25.7. The standard InChI is InChI=1S/C22H20O4/c1-24-22(23)16-26-21-12-10-20(11-13-21)25-15-17-6-5-9-19(14-17)18-7-3-2-4-8-18/h2-14H,15-16H2,1H3. The van der Waals surface area contributed by atoms with Gasteiger partial charge in [-0.3, -0.25) is 0 Å². The van der Waals surface area contributed by atoms with Crippen molar-refractivity contribution in [2.75, 3.05) is 13.7 Å². The maximum atomic E-state index is 11.1. The molecule has 0 amide bonds. The SMILES string of the molecule is COC(=O)COc1ccc(OCc2cccc(-c3ccccc3)c2)cc1. The van der Waals surface area contributed by atoms with E-state index in [0.717, 1.165) is 11.3 Å². The van der Waals surface area contributed by atoms with Gasteiger partial charge in [0.15, 0.2) is 6.61 Å². The first-order valence-electron chi connectivity index (χ1n) is 8.31. The van der Waals surface area contributed by atoms with Crippen LogP contribution in [0.2, 0.25) is 0 Å². The third-order valence-electron chi connectivity index (χ3n) is 3.85. The molecule has 0 saturated heterocycles. The van der Waals surface area contributed by atoms with Gasteiger partial charge in [-0.15, -0.1) is 0 Å². The Morgan fingerprint density at radius 2 is 1.42 bits per heavy atom. The zero-order chi connectivity index (χ0) is 18.2. The minimum absolute atomic E-state index is 0.108. The number of carbonyl (C=O) groups excluding carboxylic acids is 1. The first-order chi connectivity index (χ1) is 12.7. The first-order valence-corrected chi connectivity index (χ1v) is 8.31. The number of ether oxygens (including phenoxy) is 3. The Bertz CT molecular complexity index is 842. The topological polar surface area (TPSA) is 44.8 Å². The third-order valence-corrected chi connectivity index (χ3v) is 3.85. The molecule has 0 N–H and O–H groups in total. The Morgan fingerprint density at radius 1 is 0.769 bits per heavy atom. The molecule has 0 saturated carbocycles. The van der Waals surface area contributed by atoms with E-state index in [1.165, 1.54) is 18.2 Å². The van der Waals surface area contributed by atoms with E-state index in [2.05, 4.69) is 29.0 Å². The molecular formula is C22H20O4. The predicted molar refractivity (Wildman–Crippen MR) is 100 cm³/mol. The monoisotopic (exact) mass is 348 g/mol. The lowest BCUT2D eigenvalue weighted by molar-refractivity contribution is -0.142. The second kappa shape index (κ2) is 8.72. The lowest BCUT2D eigenvalue weighted by Crippen LogP contribution is -2.12. The Balaban J connectivity index is 1.58. The van der Waals surface area contributed by atoms with Crippen molar-refractivity contribution in [3.05, 3.63) is 84.4 Å². The highest BCUT2D eigenvalue weighted by Crippen LogP contribution is 2.22. The number of esters is 1. The maximum Gasteiger partial charge on any atom is 0.343 e. The number of hydrogen-bond acceptors (Lipinski definition) is 4. The van der Waals surface area contributed by atoms with E-state index in [1.54, 1.807) is 12.1 Å². The van der Waals surface area contributed by atoms with Gasteiger partial charge in [-0.1, -0.05) is 48.5 Å². The lowest BCUT2D eigenvalue weighted by atomic mass is 10.0. The first kappa shape index (κ1) is 17.5. The van der Waals surface area contributed by atoms with E-state index in [1.807, 2.05) is 42.5 Å². The molecular weight excluding hydrogens is 328 g/mol. The van der Waals surface area contributed by atoms with Crippen LogP contribution in [-0.2, 0) is 16.1 Å². The molecule has 0 fully saturated rings. The highest BCUT2D eigenvalue weighted by molar-refractivity contribution is 5.70. The van der Waals surface area contributed by atoms with E-state index >= 15 is 0 Å². The summed E-state index contributed by atoms with van der Waals surface area (Å²) >= 11 is 0. The van der Waals surface area contributed by atoms with Gasteiger partial charge < -0.3 is 14.2 Å². The molecule has 0 spiro atoms. The van der Waals surface area contributed by atoms with Crippen molar-refractivity contribution in [3.8, 4) is 22.6 Å². The van der Waals surface area contributed by atoms with Crippen molar-refractivity contribution >= 4 is 5.97 Å². The van der Waals surface area contributed by atoms with Crippen LogP contribution in [0.15, 0.2) is 78.9 Å². The van der Waals surface area contributed by atoms with Crippen molar-refractivity contribution in [1.29, 1.82) is 0 Å². The van der Waals surface area contributed by atoms with E-state index < -0.39 is 5.97 Å². The summed E-state index contributed by atoms with van der Waals surface area (Å²) in [7, 11) is 1.33. The Hall–Kier alpha value is -3.27. The molecule has 132 valence electrons. The van der Waals surface area contributed by atoms with Crippen LogP contribution in [0.4, 0.5) is 0 Å².